The second-order valence-corrected chi connectivity index (χ2v) is 3.81. The Morgan fingerprint density at radius 2 is 2.50 bits per heavy atom. The minimum atomic E-state index is 0.0229. The average Bonchev–Trinajstić information content (AvgIpc) is 2.29. The van der Waals surface area contributed by atoms with Gasteiger partial charge in [0.05, 0.1) is 25.9 Å². The summed E-state index contributed by atoms with van der Waals surface area (Å²) in [5.41, 5.74) is 5.53. The molecule has 1 rings (SSSR count). The van der Waals surface area contributed by atoms with E-state index in [1.165, 1.54) is 0 Å². The number of ether oxygens (including phenoxy) is 2. The number of methoxy groups -OCH3 is 1. The Balaban J connectivity index is 2.17. The highest BCUT2D eigenvalue weighted by atomic mass is 16.5. The molecule has 6 heteroatoms. The highest BCUT2D eigenvalue weighted by Crippen LogP contribution is 2.02. The van der Waals surface area contributed by atoms with Crippen LogP contribution in [-0.2, 0) is 14.3 Å². The number of nitrogens with two attached hydrogens (primary N) is 1. The summed E-state index contributed by atoms with van der Waals surface area (Å²) in [5.74, 6) is 0.0229. The average molecular weight is 231 g/mol. The van der Waals surface area contributed by atoms with Gasteiger partial charge in [0.15, 0.2) is 0 Å². The van der Waals surface area contributed by atoms with Gasteiger partial charge < -0.3 is 20.5 Å². The van der Waals surface area contributed by atoms with Gasteiger partial charge in [-0.15, -0.1) is 0 Å². The van der Waals surface area contributed by atoms with Crippen molar-refractivity contribution < 1.29 is 14.3 Å². The number of nitrogens with zero attached hydrogens (tertiary/aromatic N) is 1. The van der Waals surface area contributed by atoms with Gasteiger partial charge in [0, 0.05) is 33.3 Å². The Morgan fingerprint density at radius 3 is 3.19 bits per heavy atom. The molecular weight excluding hydrogens is 210 g/mol. The lowest BCUT2D eigenvalue weighted by molar-refractivity contribution is -0.124. The molecule has 1 aliphatic heterocycles. The summed E-state index contributed by atoms with van der Waals surface area (Å²) in [6.45, 7) is 4.17. The van der Waals surface area contributed by atoms with Gasteiger partial charge >= 0.3 is 0 Å². The van der Waals surface area contributed by atoms with Crippen LogP contribution in [0.15, 0.2) is 0 Å². The molecule has 0 bridgehead atoms. The summed E-state index contributed by atoms with van der Waals surface area (Å²) >= 11 is 0. The second kappa shape index (κ2) is 7.56. The molecule has 94 valence electrons. The van der Waals surface area contributed by atoms with E-state index in [-0.39, 0.29) is 12.0 Å². The highest BCUT2D eigenvalue weighted by molar-refractivity contribution is 5.77. The van der Waals surface area contributed by atoms with Crippen LogP contribution in [0.25, 0.3) is 0 Å². The molecule has 1 unspecified atom stereocenters. The summed E-state index contributed by atoms with van der Waals surface area (Å²) in [7, 11) is 1.61. The van der Waals surface area contributed by atoms with Crippen LogP contribution in [0.1, 0.15) is 0 Å². The molecule has 0 aliphatic carbocycles. The quantitative estimate of drug-likeness (QED) is 0.539. The van der Waals surface area contributed by atoms with Gasteiger partial charge in [-0.2, -0.15) is 0 Å². The number of hydrogen-bond acceptors (Lipinski definition) is 5. The van der Waals surface area contributed by atoms with E-state index in [0.717, 1.165) is 13.1 Å². The van der Waals surface area contributed by atoms with E-state index in [1.54, 1.807) is 7.11 Å². The summed E-state index contributed by atoms with van der Waals surface area (Å²) in [5, 5.41) is 2.79. The number of hydrogen-bond donors (Lipinski definition) is 2. The largest absolute Gasteiger partial charge is 0.383 e. The van der Waals surface area contributed by atoms with Gasteiger partial charge in [-0.25, -0.2) is 0 Å². The lowest BCUT2D eigenvalue weighted by atomic mass is 10.2. The third-order valence-electron chi connectivity index (χ3n) is 2.48. The molecule has 1 heterocycles. The second-order valence-electron chi connectivity index (χ2n) is 3.81. The third-order valence-corrected chi connectivity index (χ3v) is 2.48. The van der Waals surface area contributed by atoms with Crippen molar-refractivity contribution in [3.05, 3.63) is 0 Å². The molecule has 0 aromatic rings. The monoisotopic (exact) mass is 231 g/mol. The molecule has 0 aromatic carbocycles. The summed E-state index contributed by atoms with van der Waals surface area (Å²) < 4.78 is 10.3. The van der Waals surface area contributed by atoms with E-state index in [0.29, 0.717) is 32.8 Å². The SMILES string of the molecule is COCCNC(=O)CN1CCOC(CN)C1. The van der Waals surface area contributed by atoms with Gasteiger partial charge in [-0.05, 0) is 0 Å². The Bertz CT molecular complexity index is 213. The number of carbonyl (C=O) groups is 1. The Hall–Kier alpha value is -0.690. The first kappa shape index (κ1) is 13.4. The van der Waals surface area contributed by atoms with Gasteiger partial charge in [-0.3, -0.25) is 9.69 Å². The summed E-state index contributed by atoms with van der Waals surface area (Å²) in [6.07, 6.45) is 0.0560. The fraction of sp³-hybridized carbons (Fsp3) is 0.900. The molecule has 1 aliphatic rings. The molecule has 1 atom stereocenters. The zero-order valence-corrected chi connectivity index (χ0v) is 9.78. The number of rotatable bonds is 6. The maximum absolute atomic E-state index is 11.5. The van der Waals surface area contributed by atoms with Crippen LogP contribution in [0.5, 0.6) is 0 Å². The van der Waals surface area contributed by atoms with Crippen molar-refractivity contribution in [3.63, 3.8) is 0 Å². The van der Waals surface area contributed by atoms with Crippen LogP contribution >= 0.6 is 0 Å². The van der Waals surface area contributed by atoms with E-state index in [2.05, 4.69) is 10.2 Å². The molecule has 0 aromatic heterocycles. The maximum Gasteiger partial charge on any atom is 0.234 e. The van der Waals surface area contributed by atoms with Crippen molar-refractivity contribution in [3.8, 4) is 0 Å². The van der Waals surface area contributed by atoms with E-state index >= 15 is 0 Å². The van der Waals surface area contributed by atoms with Crippen LogP contribution in [0, 0.1) is 0 Å². The van der Waals surface area contributed by atoms with Crippen molar-refractivity contribution in [1.82, 2.24) is 10.2 Å². The molecule has 0 saturated carbocycles. The van der Waals surface area contributed by atoms with Gasteiger partial charge in [0.2, 0.25) is 5.91 Å². The topological polar surface area (TPSA) is 76.8 Å². The lowest BCUT2D eigenvalue weighted by Gasteiger charge is -2.31. The molecule has 6 nitrogen and oxygen atoms in total. The van der Waals surface area contributed by atoms with Crippen molar-refractivity contribution >= 4 is 5.91 Å². The number of carbonyl (C=O) groups excluding carboxylic acids is 1. The Labute approximate surface area is 96.1 Å². The number of nitrogens with one attached hydrogen (secondary N) is 1. The van der Waals surface area contributed by atoms with Crippen LogP contribution in [0.2, 0.25) is 0 Å². The molecule has 0 radical (unpaired) electrons. The minimum absolute atomic E-state index is 0.0229. The van der Waals surface area contributed by atoms with Crippen molar-refractivity contribution in [1.29, 1.82) is 0 Å². The van der Waals surface area contributed by atoms with Crippen molar-refractivity contribution in [2.45, 2.75) is 6.10 Å². The van der Waals surface area contributed by atoms with Crippen LogP contribution in [0.4, 0.5) is 0 Å². The highest BCUT2D eigenvalue weighted by Gasteiger charge is 2.20. The molecule has 3 N–H and O–H groups in total. The van der Waals surface area contributed by atoms with Crippen LogP contribution in [-0.4, -0.2) is 70.0 Å². The zero-order valence-electron chi connectivity index (χ0n) is 9.78. The smallest absolute Gasteiger partial charge is 0.234 e. The van der Waals surface area contributed by atoms with E-state index < -0.39 is 0 Å². The molecule has 16 heavy (non-hydrogen) atoms. The predicted octanol–water partition coefficient (Wildman–Crippen LogP) is -1.59. The van der Waals surface area contributed by atoms with E-state index in [4.69, 9.17) is 15.2 Å². The zero-order chi connectivity index (χ0) is 11.8. The standard InChI is InChI=1S/C10H21N3O3/c1-15-4-2-12-10(14)8-13-3-5-16-9(6-11)7-13/h9H,2-8,11H2,1H3,(H,12,14). The maximum atomic E-state index is 11.5. The van der Waals surface area contributed by atoms with Crippen molar-refractivity contribution in [2.24, 2.45) is 5.73 Å². The first-order valence-corrected chi connectivity index (χ1v) is 5.56. The fourth-order valence-electron chi connectivity index (χ4n) is 1.62. The Kier molecular flexibility index (Phi) is 6.32. The van der Waals surface area contributed by atoms with E-state index in [1.807, 2.05) is 0 Å². The molecular formula is C10H21N3O3. The van der Waals surface area contributed by atoms with E-state index in [9.17, 15) is 4.79 Å². The lowest BCUT2D eigenvalue weighted by Crippen LogP contribution is -2.49. The number of morpholine rings is 1. The van der Waals surface area contributed by atoms with Crippen molar-refractivity contribution in [2.75, 3.05) is 53.0 Å². The fourth-order valence-corrected chi connectivity index (χ4v) is 1.62. The molecule has 1 amide bonds. The minimum Gasteiger partial charge on any atom is -0.383 e. The molecule has 1 fully saturated rings. The number of amides is 1. The van der Waals surface area contributed by atoms with Gasteiger partial charge in [0.25, 0.3) is 0 Å². The summed E-state index contributed by atoms with van der Waals surface area (Å²) in [6, 6.07) is 0. The first-order chi connectivity index (χ1) is 7.76. The van der Waals surface area contributed by atoms with Gasteiger partial charge in [-0.1, -0.05) is 0 Å². The Morgan fingerprint density at radius 1 is 1.69 bits per heavy atom. The summed E-state index contributed by atoms with van der Waals surface area (Å²) in [4.78, 5) is 13.6. The third kappa shape index (κ3) is 4.89. The normalized spacial score (nSPS) is 22.0. The molecule has 0 spiro atoms. The van der Waals surface area contributed by atoms with Gasteiger partial charge in [0.1, 0.15) is 0 Å². The first-order valence-electron chi connectivity index (χ1n) is 5.56. The predicted molar refractivity (Wildman–Crippen MR) is 60.1 cm³/mol. The van der Waals surface area contributed by atoms with Crippen LogP contribution in [0.3, 0.4) is 0 Å². The van der Waals surface area contributed by atoms with Crippen LogP contribution < -0.4 is 11.1 Å². The molecule has 1 saturated heterocycles.